The maximum absolute atomic E-state index is 11.8. The van der Waals surface area contributed by atoms with Crippen LogP contribution in [0, 0.1) is 5.92 Å². The van der Waals surface area contributed by atoms with Crippen LogP contribution in [0.4, 0.5) is 0 Å². The minimum Gasteiger partial charge on any atom is -0.480 e. The van der Waals surface area contributed by atoms with Crippen molar-refractivity contribution in [2.24, 2.45) is 5.92 Å². The lowest BCUT2D eigenvalue weighted by Crippen LogP contribution is -2.65. The molecular formula is C10H15NO4S. The van der Waals surface area contributed by atoms with E-state index in [4.69, 9.17) is 5.11 Å². The van der Waals surface area contributed by atoms with Gasteiger partial charge in [0.15, 0.2) is 0 Å². The average Bonchev–Trinajstić information content (AvgIpc) is 2.33. The highest BCUT2D eigenvalue weighted by atomic mass is 32.2. The lowest BCUT2D eigenvalue weighted by molar-refractivity contribution is -0.168. The van der Waals surface area contributed by atoms with Crippen LogP contribution in [-0.2, 0) is 9.59 Å². The third kappa shape index (κ3) is 1.36. The molecule has 0 bridgehead atoms. The molecule has 0 aromatic heterocycles. The number of nitrogens with zero attached hydrogens (tertiary/aromatic N) is 1. The lowest BCUT2D eigenvalue weighted by Gasteiger charge is -2.44. The summed E-state index contributed by atoms with van der Waals surface area (Å²) in [5.74, 6) is -1.67. The zero-order chi connectivity index (χ0) is 12.2. The van der Waals surface area contributed by atoms with Gasteiger partial charge in [-0.3, -0.25) is 4.79 Å². The highest BCUT2D eigenvalue weighted by Crippen LogP contribution is 2.53. The van der Waals surface area contributed by atoms with Crippen molar-refractivity contribution in [1.82, 2.24) is 4.90 Å². The van der Waals surface area contributed by atoms with Crippen LogP contribution in [0.25, 0.3) is 0 Å². The van der Waals surface area contributed by atoms with E-state index >= 15 is 0 Å². The van der Waals surface area contributed by atoms with E-state index in [9.17, 15) is 14.7 Å². The molecule has 90 valence electrons. The van der Waals surface area contributed by atoms with Crippen LogP contribution in [-0.4, -0.2) is 49.3 Å². The van der Waals surface area contributed by atoms with Crippen molar-refractivity contribution < 1.29 is 19.8 Å². The van der Waals surface area contributed by atoms with Crippen molar-refractivity contribution in [3.63, 3.8) is 0 Å². The van der Waals surface area contributed by atoms with Gasteiger partial charge in [-0.05, 0) is 20.8 Å². The minimum atomic E-state index is -0.975. The quantitative estimate of drug-likeness (QED) is 0.676. The van der Waals surface area contributed by atoms with E-state index in [0.29, 0.717) is 0 Å². The molecule has 2 N–H and O–H groups in total. The van der Waals surface area contributed by atoms with Gasteiger partial charge in [0.25, 0.3) is 0 Å². The third-order valence-electron chi connectivity index (χ3n) is 3.24. The topological polar surface area (TPSA) is 77.8 Å². The minimum absolute atomic E-state index is 0.191. The molecule has 1 amide bonds. The Kier molecular flexibility index (Phi) is 2.47. The molecule has 0 radical (unpaired) electrons. The van der Waals surface area contributed by atoms with Gasteiger partial charge < -0.3 is 15.1 Å². The standard InChI is InChI=1S/C10H15NO4S/c1-4(12)5-7(13)11-6(9(14)15)10(2,3)16-8(5)11/h4-6,8,12H,1-3H3,(H,14,15)/t4?,5-,6-,8+/m0/s1. The molecule has 4 atom stereocenters. The highest BCUT2D eigenvalue weighted by molar-refractivity contribution is 8.01. The Morgan fingerprint density at radius 3 is 2.56 bits per heavy atom. The first-order chi connectivity index (χ1) is 7.27. The van der Waals surface area contributed by atoms with E-state index in [0.717, 1.165) is 0 Å². The molecule has 0 aromatic rings. The third-order valence-corrected chi connectivity index (χ3v) is 4.83. The predicted molar refractivity (Wildman–Crippen MR) is 58.9 cm³/mol. The Morgan fingerprint density at radius 2 is 2.12 bits per heavy atom. The van der Waals surface area contributed by atoms with Gasteiger partial charge in [-0.2, -0.15) is 0 Å². The van der Waals surface area contributed by atoms with Gasteiger partial charge in [0.1, 0.15) is 6.04 Å². The predicted octanol–water partition coefficient (Wildman–Crippen LogP) is 0.130. The average molecular weight is 245 g/mol. The number of aliphatic carboxylic acids is 1. The summed E-state index contributed by atoms with van der Waals surface area (Å²) in [6, 6.07) is -0.787. The molecule has 2 aliphatic heterocycles. The van der Waals surface area contributed by atoms with Crippen LogP contribution >= 0.6 is 11.8 Å². The van der Waals surface area contributed by atoms with E-state index in [-0.39, 0.29) is 11.3 Å². The molecule has 2 aliphatic rings. The van der Waals surface area contributed by atoms with Crippen LogP contribution < -0.4 is 0 Å². The van der Waals surface area contributed by atoms with Gasteiger partial charge >= 0.3 is 5.97 Å². The van der Waals surface area contributed by atoms with Crippen LogP contribution in [0.3, 0.4) is 0 Å². The summed E-state index contributed by atoms with van der Waals surface area (Å²) < 4.78 is -0.504. The number of amides is 1. The maximum Gasteiger partial charge on any atom is 0.327 e. The molecule has 16 heavy (non-hydrogen) atoms. The van der Waals surface area contributed by atoms with E-state index in [1.54, 1.807) is 6.92 Å². The first-order valence-electron chi connectivity index (χ1n) is 5.18. The maximum atomic E-state index is 11.8. The van der Waals surface area contributed by atoms with E-state index in [1.807, 2.05) is 13.8 Å². The second-order valence-electron chi connectivity index (χ2n) is 4.86. The number of carboxylic acids is 1. The van der Waals surface area contributed by atoms with Gasteiger partial charge in [0.05, 0.1) is 17.4 Å². The van der Waals surface area contributed by atoms with E-state index in [1.165, 1.54) is 16.7 Å². The second-order valence-corrected chi connectivity index (χ2v) is 6.64. The fourth-order valence-electron chi connectivity index (χ4n) is 2.49. The molecule has 1 unspecified atom stereocenters. The number of β-lactam (4-membered cyclic amide) rings is 1. The zero-order valence-electron chi connectivity index (χ0n) is 9.38. The van der Waals surface area contributed by atoms with Crippen LogP contribution in [0.2, 0.25) is 0 Å². The summed E-state index contributed by atoms with van der Waals surface area (Å²) >= 11 is 1.46. The number of carbonyl (C=O) groups is 2. The second kappa shape index (κ2) is 3.37. The Morgan fingerprint density at radius 1 is 1.56 bits per heavy atom. The van der Waals surface area contributed by atoms with Crippen LogP contribution in [0.1, 0.15) is 20.8 Å². The Labute approximate surface area is 97.8 Å². The Bertz CT molecular complexity index is 355. The van der Waals surface area contributed by atoms with Gasteiger partial charge in [0.2, 0.25) is 5.91 Å². The number of aliphatic hydroxyl groups is 1. The fourth-order valence-corrected chi connectivity index (χ4v) is 4.28. The van der Waals surface area contributed by atoms with Gasteiger partial charge in [-0.25, -0.2) is 4.79 Å². The number of hydrogen-bond acceptors (Lipinski definition) is 4. The summed E-state index contributed by atoms with van der Waals surface area (Å²) in [6.07, 6.45) is -0.718. The number of rotatable bonds is 2. The normalized spacial score (nSPS) is 37.9. The van der Waals surface area contributed by atoms with Gasteiger partial charge in [0, 0.05) is 4.75 Å². The summed E-state index contributed by atoms with van der Waals surface area (Å²) in [5, 5.41) is 18.4. The number of thioether (sulfide) groups is 1. The number of hydrogen-bond donors (Lipinski definition) is 2. The molecule has 2 saturated heterocycles. The Hall–Kier alpha value is -0.750. The summed E-state index contributed by atoms with van der Waals surface area (Å²) in [7, 11) is 0. The number of aliphatic hydroxyl groups excluding tert-OH is 1. The molecule has 0 spiro atoms. The highest BCUT2D eigenvalue weighted by Gasteiger charge is 2.64. The molecule has 6 heteroatoms. The van der Waals surface area contributed by atoms with Crippen molar-refractivity contribution in [2.45, 2.75) is 43.0 Å². The largest absolute Gasteiger partial charge is 0.480 e. The van der Waals surface area contributed by atoms with E-state index < -0.39 is 28.8 Å². The fraction of sp³-hybridized carbons (Fsp3) is 0.800. The van der Waals surface area contributed by atoms with Crippen molar-refractivity contribution in [1.29, 1.82) is 0 Å². The van der Waals surface area contributed by atoms with Crippen molar-refractivity contribution >= 4 is 23.6 Å². The Balaban J connectivity index is 2.28. The first kappa shape index (κ1) is 11.7. The zero-order valence-corrected chi connectivity index (χ0v) is 10.2. The molecule has 0 aliphatic carbocycles. The summed E-state index contributed by atoms with van der Waals surface area (Å²) in [5.41, 5.74) is 0. The number of carboxylic acid groups (broad SMARTS) is 1. The van der Waals surface area contributed by atoms with Crippen molar-refractivity contribution in [3.8, 4) is 0 Å². The van der Waals surface area contributed by atoms with Crippen molar-refractivity contribution in [2.75, 3.05) is 0 Å². The molecule has 2 heterocycles. The summed E-state index contributed by atoms with van der Waals surface area (Å²) in [6.45, 7) is 5.21. The molecule has 5 nitrogen and oxygen atoms in total. The first-order valence-corrected chi connectivity index (χ1v) is 6.06. The summed E-state index contributed by atoms with van der Waals surface area (Å²) in [4.78, 5) is 24.3. The molecular weight excluding hydrogens is 230 g/mol. The molecule has 2 rings (SSSR count). The SMILES string of the molecule is CC(O)[C@H]1C(=O)N2[C@@H]1SC(C)(C)[C@@H]2C(=O)O. The monoisotopic (exact) mass is 245 g/mol. The molecule has 0 saturated carbocycles. The number of carbonyl (C=O) groups excluding carboxylic acids is 1. The molecule has 2 fully saturated rings. The van der Waals surface area contributed by atoms with Crippen LogP contribution in [0.15, 0.2) is 0 Å². The smallest absolute Gasteiger partial charge is 0.327 e. The van der Waals surface area contributed by atoms with Gasteiger partial charge in [-0.1, -0.05) is 0 Å². The van der Waals surface area contributed by atoms with Gasteiger partial charge in [-0.15, -0.1) is 11.8 Å². The van der Waals surface area contributed by atoms with Crippen molar-refractivity contribution in [3.05, 3.63) is 0 Å². The number of fused-ring (bicyclic) bond motifs is 1. The van der Waals surface area contributed by atoms with Crippen LogP contribution in [0.5, 0.6) is 0 Å². The lowest BCUT2D eigenvalue weighted by atomic mass is 9.88. The molecule has 0 aromatic carbocycles. The van der Waals surface area contributed by atoms with E-state index in [2.05, 4.69) is 0 Å².